The van der Waals surface area contributed by atoms with Gasteiger partial charge in [-0.1, -0.05) is 78.9 Å². The molecular formula is C18H20. The van der Waals surface area contributed by atoms with Crippen LogP contribution in [0.15, 0.2) is 79.9 Å². The molecule has 92 valence electrons. The zero-order chi connectivity index (χ0) is 13.2. The van der Waals surface area contributed by atoms with Crippen LogP contribution in [0.25, 0.3) is 5.57 Å². The van der Waals surface area contributed by atoms with E-state index in [1.165, 1.54) is 11.1 Å². The summed E-state index contributed by atoms with van der Waals surface area (Å²) in [5.41, 5.74) is 3.67. The fourth-order valence-corrected chi connectivity index (χ4v) is 1.50. The molecule has 0 aromatic heterocycles. The van der Waals surface area contributed by atoms with E-state index >= 15 is 0 Å². The van der Waals surface area contributed by atoms with Crippen LogP contribution in [0.4, 0.5) is 0 Å². The lowest BCUT2D eigenvalue weighted by molar-refractivity contribution is 1.28. The maximum absolute atomic E-state index is 3.83. The van der Waals surface area contributed by atoms with Crippen molar-refractivity contribution in [2.75, 3.05) is 0 Å². The molecule has 0 atom stereocenters. The molecule has 0 aliphatic heterocycles. The van der Waals surface area contributed by atoms with Gasteiger partial charge in [-0.3, -0.25) is 0 Å². The number of rotatable bonds is 3. The maximum atomic E-state index is 3.83. The van der Waals surface area contributed by atoms with E-state index in [0.717, 1.165) is 12.0 Å². The molecule has 0 aliphatic carbocycles. The molecule has 0 radical (unpaired) electrons. The van der Waals surface area contributed by atoms with Gasteiger partial charge in [-0.05, 0) is 24.5 Å². The fourth-order valence-electron chi connectivity index (χ4n) is 1.50. The Labute approximate surface area is 110 Å². The Morgan fingerprint density at radius 1 is 0.944 bits per heavy atom. The third-order valence-electron chi connectivity index (χ3n) is 2.49. The highest BCUT2D eigenvalue weighted by atomic mass is 13.9. The van der Waals surface area contributed by atoms with E-state index in [1.54, 1.807) is 0 Å². The number of allylic oxidation sites excluding steroid dienone is 2. The lowest BCUT2D eigenvalue weighted by Gasteiger charge is -1.94. The van der Waals surface area contributed by atoms with E-state index < -0.39 is 0 Å². The van der Waals surface area contributed by atoms with Crippen LogP contribution in [-0.2, 0) is 6.42 Å². The zero-order valence-electron chi connectivity index (χ0n) is 11.0. The van der Waals surface area contributed by atoms with Gasteiger partial charge >= 0.3 is 0 Å². The molecule has 0 unspecified atom stereocenters. The maximum Gasteiger partial charge on any atom is -0.0100 e. The van der Waals surface area contributed by atoms with Crippen LogP contribution >= 0.6 is 0 Å². The molecule has 0 nitrogen and oxygen atoms in total. The van der Waals surface area contributed by atoms with Crippen molar-refractivity contribution in [1.29, 1.82) is 0 Å². The van der Waals surface area contributed by atoms with Crippen molar-refractivity contribution in [3.8, 4) is 0 Å². The lowest BCUT2D eigenvalue weighted by Crippen LogP contribution is -1.75. The molecule has 0 aliphatic rings. The summed E-state index contributed by atoms with van der Waals surface area (Å²) < 4.78 is 0. The van der Waals surface area contributed by atoms with Crippen LogP contribution in [0, 0.1) is 0 Å². The van der Waals surface area contributed by atoms with Crippen molar-refractivity contribution < 1.29 is 0 Å². The Bertz CT molecular complexity index is 466. The van der Waals surface area contributed by atoms with Gasteiger partial charge in [0, 0.05) is 0 Å². The first-order valence-corrected chi connectivity index (χ1v) is 6.09. The first-order valence-electron chi connectivity index (χ1n) is 6.09. The minimum atomic E-state index is 0.973. The normalized spacial score (nSPS) is 8.94. The molecule has 0 saturated heterocycles. The molecular weight excluding hydrogens is 216 g/mol. The number of hydrogen-bond donors (Lipinski definition) is 0. The second kappa shape index (κ2) is 8.08. The second-order valence-electron chi connectivity index (χ2n) is 4.12. The largest absolute Gasteiger partial charge is 0.103 e. The van der Waals surface area contributed by atoms with Crippen LogP contribution in [0.2, 0.25) is 0 Å². The van der Waals surface area contributed by atoms with Crippen LogP contribution in [-0.4, -0.2) is 0 Å². The Morgan fingerprint density at radius 3 is 1.83 bits per heavy atom. The van der Waals surface area contributed by atoms with E-state index in [2.05, 4.69) is 37.4 Å². The molecule has 0 fully saturated rings. The van der Waals surface area contributed by atoms with E-state index in [9.17, 15) is 0 Å². The summed E-state index contributed by atoms with van der Waals surface area (Å²) in [6.07, 6.45) is 2.89. The molecule has 2 aromatic rings. The fraction of sp³-hybridized carbons (Fsp3) is 0.111. The zero-order valence-corrected chi connectivity index (χ0v) is 11.0. The highest BCUT2D eigenvalue weighted by Crippen LogP contribution is 2.08. The van der Waals surface area contributed by atoms with Gasteiger partial charge in [0.1, 0.15) is 0 Å². The molecule has 2 rings (SSSR count). The Kier molecular flexibility index (Phi) is 6.27. The van der Waals surface area contributed by atoms with Gasteiger partial charge in [0.2, 0.25) is 0 Å². The standard InChI is InChI=1S/2C9H10/c1-8(2)9-6-4-3-5-7-9;1-2-6-9-7-4-3-5-8-9/h3-7H,1H2,2H3;2-5,7-8H,1,6H2. The van der Waals surface area contributed by atoms with Gasteiger partial charge < -0.3 is 0 Å². The van der Waals surface area contributed by atoms with Gasteiger partial charge in [0.25, 0.3) is 0 Å². The van der Waals surface area contributed by atoms with Gasteiger partial charge in [-0.2, -0.15) is 0 Å². The summed E-state index contributed by atoms with van der Waals surface area (Å²) in [4.78, 5) is 0. The van der Waals surface area contributed by atoms with Gasteiger partial charge in [0.05, 0.1) is 0 Å². The van der Waals surface area contributed by atoms with Gasteiger partial charge in [0.15, 0.2) is 0 Å². The van der Waals surface area contributed by atoms with Crippen molar-refractivity contribution in [2.45, 2.75) is 13.3 Å². The van der Waals surface area contributed by atoms with Crippen molar-refractivity contribution in [3.05, 3.63) is 91.0 Å². The monoisotopic (exact) mass is 236 g/mol. The van der Waals surface area contributed by atoms with E-state index in [1.807, 2.05) is 49.4 Å². The molecule has 18 heavy (non-hydrogen) atoms. The van der Waals surface area contributed by atoms with E-state index in [4.69, 9.17) is 0 Å². The van der Waals surface area contributed by atoms with E-state index in [-0.39, 0.29) is 0 Å². The lowest BCUT2D eigenvalue weighted by atomic mass is 10.1. The molecule has 0 heteroatoms. The second-order valence-corrected chi connectivity index (χ2v) is 4.12. The first kappa shape index (κ1) is 14.0. The van der Waals surface area contributed by atoms with Crippen LogP contribution < -0.4 is 0 Å². The molecule has 0 bridgehead atoms. The minimum absolute atomic E-state index is 0.973. The van der Waals surface area contributed by atoms with Crippen LogP contribution in [0.3, 0.4) is 0 Å². The van der Waals surface area contributed by atoms with Crippen molar-refractivity contribution in [1.82, 2.24) is 0 Å². The van der Waals surface area contributed by atoms with Crippen molar-refractivity contribution >= 4 is 5.57 Å². The highest BCUT2D eigenvalue weighted by molar-refractivity contribution is 5.60. The summed E-state index contributed by atoms with van der Waals surface area (Å²) in [6, 6.07) is 20.5. The average Bonchev–Trinajstić information content (AvgIpc) is 2.42. The molecule has 0 amide bonds. The average molecular weight is 236 g/mol. The quantitative estimate of drug-likeness (QED) is 0.648. The predicted molar refractivity (Wildman–Crippen MR) is 81.5 cm³/mol. The molecule has 0 heterocycles. The first-order chi connectivity index (χ1) is 8.74. The topological polar surface area (TPSA) is 0 Å². The van der Waals surface area contributed by atoms with E-state index in [0.29, 0.717) is 0 Å². The molecule has 2 aromatic carbocycles. The third kappa shape index (κ3) is 5.31. The number of benzene rings is 2. The van der Waals surface area contributed by atoms with Gasteiger partial charge in [-0.25, -0.2) is 0 Å². The third-order valence-corrected chi connectivity index (χ3v) is 2.49. The SMILES string of the molecule is C=C(C)c1ccccc1.C=CCc1ccccc1. The molecule has 0 spiro atoms. The number of hydrogen-bond acceptors (Lipinski definition) is 0. The Hall–Kier alpha value is -2.08. The van der Waals surface area contributed by atoms with Gasteiger partial charge in [-0.15, -0.1) is 6.58 Å². The van der Waals surface area contributed by atoms with Crippen LogP contribution in [0.5, 0.6) is 0 Å². The summed E-state index contributed by atoms with van der Waals surface area (Å²) >= 11 is 0. The Morgan fingerprint density at radius 2 is 1.44 bits per heavy atom. The highest BCUT2D eigenvalue weighted by Gasteiger charge is 1.86. The summed E-state index contributed by atoms with van der Waals surface area (Å²) in [6.45, 7) is 9.49. The predicted octanol–water partition coefficient (Wildman–Crippen LogP) is 5.13. The molecule has 0 N–H and O–H groups in total. The summed E-state index contributed by atoms with van der Waals surface area (Å²) in [5.74, 6) is 0. The summed E-state index contributed by atoms with van der Waals surface area (Å²) in [7, 11) is 0. The molecule has 0 saturated carbocycles. The van der Waals surface area contributed by atoms with Crippen molar-refractivity contribution in [2.24, 2.45) is 0 Å². The van der Waals surface area contributed by atoms with Crippen LogP contribution in [0.1, 0.15) is 18.1 Å². The Balaban J connectivity index is 0.000000180. The minimum Gasteiger partial charge on any atom is -0.103 e. The summed E-state index contributed by atoms with van der Waals surface area (Å²) in [5, 5.41) is 0. The van der Waals surface area contributed by atoms with Crippen molar-refractivity contribution in [3.63, 3.8) is 0 Å². The smallest absolute Gasteiger partial charge is 0.0100 e.